The molecule has 116 valence electrons. The molecule has 0 aliphatic rings. The van der Waals surface area contributed by atoms with E-state index in [0.717, 1.165) is 10.8 Å². The Balaban J connectivity index is 1.95. The van der Waals surface area contributed by atoms with Gasteiger partial charge in [0.2, 0.25) is 0 Å². The van der Waals surface area contributed by atoms with E-state index in [1.54, 1.807) is 19.1 Å². The fourth-order valence-electron chi connectivity index (χ4n) is 2.17. The number of carbonyl (C=O) groups is 2. The summed E-state index contributed by atoms with van der Waals surface area (Å²) < 4.78 is 4.81. The first-order valence-electron chi connectivity index (χ1n) is 7.27. The Labute approximate surface area is 128 Å². The highest BCUT2D eigenvalue weighted by Gasteiger charge is 2.12. The van der Waals surface area contributed by atoms with Crippen LogP contribution in [0.25, 0.3) is 10.8 Å². The maximum Gasteiger partial charge on any atom is 0.305 e. The molecule has 0 atom stereocenters. The van der Waals surface area contributed by atoms with Crippen molar-refractivity contribution in [1.29, 1.82) is 0 Å². The first-order chi connectivity index (χ1) is 10.6. The van der Waals surface area contributed by atoms with Gasteiger partial charge in [0.15, 0.2) is 0 Å². The minimum absolute atomic E-state index is 0.0541. The number of amides is 1. The highest BCUT2D eigenvalue weighted by molar-refractivity contribution is 6.01. The molecule has 2 aromatic rings. The molecule has 0 aliphatic carbocycles. The van der Waals surface area contributed by atoms with Gasteiger partial charge in [-0.15, -0.1) is 0 Å². The minimum atomic E-state index is -0.355. The summed E-state index contributed by atoms with van der Waals surface area (Å²) in [4.78, 5) is 23.3. The zero-order valence-electron chi connectivity index (χ0n) is 12.5. The van der Waals surface area contributed by atoms with Crippen molar-refractivity contribution < 1.29 is 19.4 Å². The lowest BCUT2D eigenvalue weighted by molar-refractivity contribution is -0.143. The molecular weight excluding hydrogens is 282 g/mol. The number of fused-ring (bicyclic) bond motifs is 1. The number of nitrogens with one attached hydrogen (secondary N) is 1. The lowest BCUT2D eigenvalue weighted by Crippen LogP contribution is -2.25. The third-order valence-corrected chi connectivity index (χ3v) is 3.26. The van der Waals surface area contributed by atoms with E-state index in [1.165, 1.54) is 0 Å². The smallest absolute Gasteiger partial charge is 0.305 e. The second-order valence-corrected chi connectivity index (χ2v) is 4.88. The molecule has 5 heteroatoms. The fraction of sp³-hybridized carbons (Fsp3) is 0.294. The van der Waals surface area contributed by atoms with Crippen LogP contribution in [0.4, 0.5) is 0 Å². The van der Waals surface area contributed by atoms with Crippen molar-refractivity contribution in [2.45, 2.75) is 19.8 Å². The van der Waals surface area contributed by atoms with Crippen molar-refractivity contribution in [2.75, 3.05) is 13.2 Å². The van der Waals surface area contributed by atoms with Gasteiger partial charge in [-0.3, -0.25) is 9.59 Å². The van der Waals surface area contributed by atoms with E-state index in [4.69, 9.17) is 4.74 Å². The third kappa shape index (κ3) is 3.97. The summed E-state index contributed by atoms with van der Waals surface area (Å²) in [5.41, 5.74) is 0.231. The number of phenolic OH excluding ortho intramolecular Hbond substituents is 1. The van der Waals surface area contributed by atoms with Crippen molar-refractivity contribution in [1.82, 2.24) is 5.32 Å². The molecule has 0 saturated heterocycles. The highest BCUT2D eigenvalue weighted by Crippen LogP contribution is 2.24. The first-order valence-corrected chi connectivity index (χ1v) is 7.27. The van der Waals surface area contributed by atoms with E-state index in [2.05, 4.69) is 5.32 Å². The monoisotopic (exact) mass is 301 g/mol. The number of ether oxygens (including phenoxy) is 1. The van der Waals surface area contributed by atoms with Gasteiger partial charge in [0.05, 0.1) is 12.2 Å². The van der Waals surface area contributed by atoms with Crippen molar-refractivity contribution in [2.24, 2.45) is 0 Å². The van der Waals surface area contributed by atoms with Gasteiger partial charge in [0.1, 0.15) is 5.75 Å². The van der Waals surface area contributed by atoms with E-state index >= 15 is 0 Å². The molecule has 0 saturated carbocycles. The van der Waals surface area contributed by atoms with Gasteiger partial charge >= 0.3 is 5.97 Å². The summed E-state index contributed by atoms with van der Waals surface area (Å²) in [7, 11) is 0. The number of phenols is 1. The molecule has 22 heavy (non-hydrogen) atoms. The topological polar surface area (TPSA) is 75.6 Å². The molecule has 0 bridgehead atoms. The van der Waals surface area contributed by atoms with Crippen LogP contribution in [-0.4, -0.2) is 30.1 Å². The lowest BCUT2D eigenvalue weighted by atomic mass is 10.1. The Bertz CT molecular complexity index is 681. The molecule has 1 amide bonds. The molecule has 0 heterocycles. The molecule has 0 aliphatic heterocycles. The molecule has 5 nitrogen and oxygen atoms in total. The van der Waals surface area contributed by atoms with Crippen molar-refractivity contribution in [3.63, 3.8) is 0 Å². The second kappa shape index (κ2) is 7.45. The van der Waals surface area contributed by atoms with Crippen LogP contribution < -0.4 is 5.32 Å². The van der Waals surface area contributed by atoms with Crippen LogP contribution in [0.2, 0.25) is 0 Å². The highest BCUT2D eigenvalue weighted by atomic mass is 16.5. The zero-order valence-corrected chi connectivity index (χ0v) is 12.5. The zero-order chi connectivity index (χ0) is 15.9. The SMILES string of the molecule is CCOC(=O)CCCNC(=O)c1cc2ccccc2cc1O. The summed E-state index contributed by atoms with van der Waals surface area (Å²) in [5.74, 6) is -0.681. The van der Waals surface area contributed by atoms with Gasteiger partial charge in [-0.2, -0.15) is 0 Å². The summed E-state index contributed by atoms with van der Waals surface area (Å²) >= 11 is 0. The predicted octanol–water partition coefficient (Wildman–Crippen LogP) is 2.62. The molecule has 2 N–H and O–H groups in total. The Morgan fingerprint density at radius 2 is 1.86 bits per heavy atom. The van der Waals surface area contributed by atoms with Gasteiger partial charge in [-0.25, -0.2) is 0 Å². The Morgan fingerprint density at radius 1 is 1.18 bits per heavy atom. The number of benzene rings is 2. The predicted molar refractivity (Wildman–Crippen MR) is 83.8 cm³/mol. The van der Waals surface area contributed by atoms with Crippen LogP contribution >= 0.6 is 0 Å². The van der Waals surface area contributed by atoms with Crippen LogP contribution in [0, 0.1) is 0 Å². The lowest BCUT2D eigenvalue weighted by Gasteiger charge is -2.08. The van der Waals surface area contributed by atoms with Gasteiger partial charge in [0, 0.05) is 13.0 Å². The van der Waals surface area contributed by atoms with E-state index in [0.29, 0.717) is 19.6 Å². The molecule has 0 unspecified atom stereocenters. The van der Waals surface area contributed by atoms with E-state index in [9.17, 15) is 14.7 Å². The number of esters is 1. The van der Waals surface area contributed by atoms with Crippen LogP contribution in [0.1, 0.15) is 30.1 Å². The number of rotatable bonds is 6. The van der Waals surface area contributed by atoms with Gasteiger partial charge in [-0.05, 0) is 36.2 Å². The Hall–Kier alpha value is -2.56. The fourth-order valence-corrected chi connectivity index (χ4v) is 2.17. The molecule has 2 aromatic carbocycles. The average molecular weight is 301 g/mol. The van der Waals surface area contributed by atoms with E-state index in [-0.39, 0.29) is 29.6 Å². The molecule has 0 radical (unpaired) electrons. The maximum atomic E-state index is 12.1. The van der Waals surface area contributed by atoms with Crippen LogP contribution in [0.5, 0.6) is 5.75 Å². The summed E-state index contributed by atoms with van der Waals surface area (Å²) in [5, 5.41) is 14.4. The summed E-state index contributed by atoms with van der Waals surface area (Å²) in [6.07, 6.45) is 0.761. The summed E-state index contributed by atoms with van der Waals surface area (Å²) in [6, 6.07) is 10.7. The summed E-state index contributed by atoms with van der Waals surface area (Å²) in [6.45, 7) is 2.46. The second-order valence-electron chi connectivity index (χ2n) is 4.88. The number of hydrogen-bond donors (Lipinski definition) is 2. The maximum absolute atomic E-state index is 12.1. The molecule has 0 spiro atoms. The largest absolute Gasteiger partial charge is 0.507 e. The minimum Gasteiger partial charge on any atom is -0.507 e. The quantitative estimate of drug-likeness (QED) is 0.635. The van der Waals surface area contributed by atoms with Crippen molar-refractivity contribution in [3.05, 3.63) is 42.0 Å². The number of hydrogen-bond acceptors (Lipinski definition) is 4. The average Bonchev–Trinajstić information content (AvgIpc) is 2.51. The Kier molecular flexibility index (Phi) is 5.36. The third-order valence-electron chi connectivity index (χ3n) is 3.26. The number of aromatic hydroxyl groups is 1. The van der Waals surface area contributed by atoms with Crippen LogP contribution in [0.3, 0.4) is 0 Å². The van der Waals surface area contributed by atoms with Crippen molar-refractivity contribution in [3.8, 4) is 5.75 Å². The molecular formula is C17H19NO4. The van der Waals surface area contributed by atoms with Gasteiger partial charge < -0.3 is 15.2 Å². The molecule has 0 aromatic heterocycles. The van der Waals surface area contributed by atoms with E-state index < -0.39 is 0 Å². The van der Waals surface area contributed by atoms with Crippen molar-refractivity contribution >= 4 is 22.6 Å². The standard InChI is InChI=1S/C17H19NO4/c1-2-22-16(20)8-5-9-18-17(21)14-10-12-6-3-4-7-13(12)11-15(14)19/h3-4,6-7,10-11,19H,2,5,8-9H2,1H3,(H,18,21). The Morgan fingerprint density at radius 3 is 2.55 bits per heavy atom. The number of carbonyl (C=O) groups excluding carboxylic acids is 2. The van der Waals surface area contributed by atoms with Crippen LogP contribution in [-0.2, 0) is 9.53 Å². The van der Waals surface area contributed by atoms with Crippen LogP contribution in [0.15, 0.2) is 36.4 Å². The molecule has 2 rings (SSSR count). The van der Waals surface area contributed by atoms with E-state index in [1.807, 2.05) is 24.3 Å². The van der Waals surface area contributed by atoms with Gasteiger partial charge in [-0.1, -0.05) is 24.3 Å². The first kappa shape index (κ1) is 15.8. The normalized spacial score (nSPS) is 10.4. The van der Waals surface area contributed by atoms with Gasteiger partial charge in [0.25, 0.3) is 5.91 Å². The molecule has 0 fully saturated rings.